The largest absolute Gasteiger partial charge is 0.416 e. The highest BCUT2D eigenvalue weighted by molar-refractivity contribution is 5.94. The maximum Gasteiger partial charge on any atom is 0.251 e. The van der Waals surface area contributed by atoms with Crippen molar-refractivity contribution in [1.82, 2.24) is 25.1 Å². The number of carbonyl (C=O) groups is 1. The van der Waals surface area contributed by atoms with Crippen LogP contribution in [-0.4, -0.2) is 32.2 Å². The molecule has 1 N–H and O–H groups in total. The van der Waals surface area contributed by atoms with Crippen LogP contribution in [0.4, 0.5) is 0 Å². The quantitative estimate of drug-likeness (QED) is 0.449. The summed E-state index contributed by atoms with van der Waals surface area (Å²) in [6, 6.07) is 15.1. The van der Waals surface area contributed by atoms with Crippen LogP contribution in [0, 0.1) is 6.92 Å². The molecule has 0 radical (unpaired) electrons. The van der Waals surface area contributed by atoms with Crippen LogP contribution in [-0.2, 0) is 6.54 Å². The van der Waals surface area contributed by atoms with E-state index in [0.717, 1.165) is 36.1 Å². The van der Waals surface area contributed by atoms with Crippen LogP contribution >= 0.6 is 0 Å². The van der Waals surface area contributed by atoms with Crippen molar-refractivity contribution in [3.63, 3.8) is 0 Å². The Labute approximate surface area is 174 Å². The molecule has 2 aromatic carbocycles. The molecule has 0 fully saturated rings. The Kier molecular flexibility index (Phi) is 5.98. The summed E-state index contributed by atoms with van der Waals surface area (Å²) in [5, 5.41) is 11.2. The Morgan fingerprint density at radius 1 is 1.03 bits per heavy atom. The van der Waals surface area contributed by atoms with Crippen LogP contribution < -0.4 is 5.32 Å². The number of amides is 1. The first-order chi connectivity index (χ1) is 14.7. The highest BCUT2D eigenvalue weighted by Crippen LogP contribution is 2.24. The highest BCUT2D eigenvalue weighted by atomic mass is 16.4. The van der Waals surface area contributed by atoms with Crippen LogP contribution in [0.5, 0.6) is 0 Å². The van der Waals surface area contributed by atoms with Crippen LogP contribution in [0.3, 0.4) is 0 Å². The molecule has 0 aliphatic carbocycles. The molecule has 0 saturated heterocycles. The minimum atomic E-state index is -0.0878. The predicted octanol–water partition coefficient (Wildman–Crippen LogP) is 4.12. The SMILES string of the molecule is Cc1cccc(-c2nnc(-c3ccc(C(=O)NCCCCn4ccnc4)cc3)o2)c1. The number of rotatable bonds is 8. The Morgan fingerprint density at radius 2 is 1.83 bits per heavy atom. The molecule has 1 amide bonds. The van der Waals surface area contributed by atoms with Crippen molar-refractivity contribution in [3.8, 4) is 22.9 Å². The molecule has 152 valence electrons. The first-order valence-corrected chi connectivity index (χ1v) is 9.94. The first-order valence-electron chi connectivity index (χ1n) is 9.94. The zero-order chi connectivity index (χ0) is 20.8. The van der Waals surface area contributed by atoms with Crippen molar-refractivity contribution in [2.45, 2.75) is 26.3 Å². The van der Waals surface area contributed by atoms with E-state index in [-0.39, 0.29) is 5.91 Å². The van der Waals surface area contributed by atoms with Gasteiger partial charge < -0.3 is 14.3 Å². The summed E-state index contributed by atoms with van der Waals surface area (Å²) >= 11 is 0. The minimum Gasteiger partial charge on any atom is -0.416 e. The number of unbranched alkanes of at least 4 members (excludes halogenated alkanes) is 1. The number of carbonyl (C=O) groups excluding carboxylic acids is 1. The lowest BCUT2D eigenvalue weighted by atomic mass is 10.1. The lowest BCUT2D eigenvalue weighted by molar-refractivity contribution is 0.0953. The monoisotopic (exact) mass is 401 g/mol. The van der Waals surface area contributed by atoms with Crippen molar-refractivity contribution in [2.75, 3.05) is 6.54 Å². The minimum absolute atomic E-state index is 0.0878. The van der Waals surface area contributed by atoms with Gasteiger partial charge in [0.25, 0.3) is 5.91 Å². The van der Waals surface area contributed by atoms with E-state index < -0.39 is 0 Å². The van der Waals surface area contributed by atoms with Crippen LogP contribution in [0.1, 0.15) is 28.8 Å². The molecule has 0 saturated carbocycles. The van der Waals surface area contributed by atoms with E-state index in [2.05, 4.69) is 20.5 Å². The summed E-state index contributed by atoms with van der Waals surface area (Å²) in [7, 11) is 0. The second-order valence-corrected chi connectivity index (χ2v) is 7.12. The molecule has 4 aromatic rings. The van der Waals surface area contributed by atoms with Crippen LogP contribution in [0.25, 0.3) is 22.9 Å². The third-order valence-corrected chi connectivity index (χ3v) is 4.77. The van der Waals surface area contributed by atoms with E-state index in [0.29, 0.717) is 23.9 Å². The molecule has 0 atom stereocenters. The fourth-order valence-corrected chi connectivity index (χ4v) is 3.14. The van der Waals surface area contributed by atoms with Gasteiger partial charge in [0, 0.05) is 42.2 Å². The van der Waals surface area contributed by atoms with Gasteiger partial charge in [0.2, 0.25) is 11.8 Å². The molecule has 7 heteroatoms. The number of hydrogen-bond acceptors (Lipinski definition) is 5. The van der Waals surface area contributed by atoms with Gasteiger partial charge in [-0.25, -0.2) is 4.98 Å². The van der Waals surface area contributed by atoms with Gasteiger partial charge in [-0.2, -0.15) is 0 Å². The Balaban J connectivity index is 1.31. The van der Waals surface area contributed by atoms with Crippen molar-refractivity contribution in [2.24, 2.45) is 0 Å². The van der Waals surface area contributed by atoms with E-state index in [1.54, 1.807) is 24.7 Å². The molecule has 0 unspecified atom stereocenters. The molecule has 30 heavy (non-hydrogen) atoms. The third-order valence-electron chi connectivity index (χ3n) is 4.77. The molecule has 4 rings (SSSR count). The summed E-state index contributed by atoms with van der Waals surface area (Å²) in [5.41, 5.74) is 3.40. The van der Waals surface area contributed by atoms with E-state index >= 15 is 0 Å². The molecular weight excluding hydrogens is 378 g/mol. The maximum absolute atomic E-state index is 12.3. The summed E-state index contributed by atoms with van der Waals surface area (Å²) in [6.07, 6.45) is 7.39. The zero-order valence-corrected chi connectivity index (χ0v) is 16.8. The van der Waals surface area contributed by atoms with Crippen LogP contribution in [0.2, 0.25) is 0 Å². The maximum atomic E-state index is 12.3. The normalized spacial score (nSPS) is 10.8. The van der Waals surface area contributed by atoms with Gasteiger partial charge >= 0.3 is 0 Å². The van der Waals surface area contributed by atoms with E-state index in [4.69, 9.17) is 4.42 Å². The highest BCUT2D eigenvalue weighted by Gasteiger charge is 2.12. The molecule has 0 bridgehead atoms. The van der Waals surface area contributed by atoms with Gasteiger partial charge in [-0.3, -0.25) is 4.79 Å². The molecule has 2 heterocycles. The molecular formula is C23H23N5O2. The number of imidazole rings is 1. The van der Waals surface area contributed by atoms with Crippen molar-refractivity contribution in [1.29, 1.82) is 0 Å². The number of aromatic nitrogens is 4. The van der Waals surface area contributed by atoms with Crippen molar-refractivity contribution >= 4 is 5.91 Å². The van der Waals surface area contributed by atoms with Gasteiger partial charge in [0.05, 0.1) is 6.33 Å². The van der Waals surface area contributed by atoms with E-state index in [1.165, 1.54) is 0 Å². The number of nitrogens with one attached hydrogen (secondary N) is 1. The van der Waals surface area contributed by atoms with Gasteiger partial charge in [-0.15, -0.1) is 10.2 Å². The predicted molar refractivity (Wildman–Crippen MR) is 114 cm³/mol. The summed E-state index contributed by atoms with van der Waals surface area (Å²) < 4.78 is 7.83. The smallest absolute Gasteiger partial charge is 0.251 e. The van der Waals surface area contributed by atoms with Crippen molar-refractivity contribution < 1.29 is 9.21 Å². The fraction of sp³-hybridized carbons (Fsp3) is 0.217. The van der Waals surface area contributed by atoms with Crippen LogP contribution in [0.15, 0.2) is 71.7 Å². The van der Waals surface area contributed by atoms with Gasteiger partial charge in [0.1, 0.15) is 0 Å². The summed E-state index contributed by atoms with van der Waals surface area (Å²) in [5.74, 6) is 0.819. The van der Waals surface area contributed by atoms with E-state index in [1.807, 2.05) is 54.1 Å². The second kappa shape index (κ2) is 9.17. The topological polar surface area (TPSA) is 85.8 Å². The molecule has 0 aliphatic rings. The molecule has 2 aromatic heterocycles. The molecule has 7 nitrogen and oxygen atoms in total. The number of nitrogens with zero attached hydrogens (tertiary/aromatic N) is 4. The fourth-order valence-electron chi connectivity index (χ4n) is 3.14. The summed E-state index contributed by atoms with van der Waals surface area (Å²) in [4.78, 5) is 16.3. The Bertz CT molecular complexity index is 1100. The number of aryl methyl sites for hydroxylation is 2. The molecule has 0 spiro atoms. The zero-order valence-electron chi connectivity index (χ0n) is 16.8. The van der Waals surface area contributed by atoms with Crippen molar-refractivity contribution in [3.05, 3.63) is 78.4 Å². The number of hydrogen-bond donors (Lipinski definition) is 1. The number of benzene rings is 2. The first kappa shape index (κ1) is 19.6. The standard InChI is InChI=1S/C23H23N5O2/c1-17-5-4-6-20(15-17)23-27-26-22(30-23)19-9-7-18(8-10-19)21(29)25-11-2-3-13-28-14-12-24-16-28/h4-10,12,14-16H,2-3,11,13H2,1H3,(H,25,29). The lowest BCUT2D eigenvalue weighted by Crippen LogP contribution is -2.24. The lowest BCUT2D eigenvalue weighted by Gasteiger charge is -2.06. The van der Waals surface area contributed by atoms with Gasteiger partial charge in [-0.05, 0) is 56.2 Å². The average molecular weight is 401 g/mol. The van der Waals surface area contributed by atoms with Gasteiger partial charge in [0.15, 0.2) is 0 Å². The van der Waals surface area contributed by atoms with E-state index in [9.17, 15) is 4.79 Å². The van der Waals surface area contributed by atoms with Gasteiger partial charge in [-0.1, -0.05) is 17.7 Å². The third kappa shape index (κ3) is 4.81. The molecule has 0 aliphatic heterocycles. The Morgan fingerprint density at radius 3 is 2.57 bits per heavy atom. The second-order valence-electron chi connectivity index (χ2n) is 7.12. The summed E-state index contributed by atoms with van der Waals surface area (Å²) in [6.45, 7) is 3.56. The average Bonchev–Trinajstić information content (AvgIpc) is 3.46. The Hall–Kier alpha value is -3.74.